The molecule has 0 aromatic carbocycles. The van der Waals surface area contributed by atoms with Crippen LogP contribution in [-0.4, -0.2) is 24.2 Å². The van der Waals surface area contributed by atoms with E-state index < -0.39 is 0 Å². The Kier molecular flexibility index (Phi) is 2.11. The van der Waals surface area contributed by atoms with Crippen LogP contribution in [-0.2, 0) is 0 Å². The van der Waals surface area contributed by atoms with Crippen molar-refractivity contribution in [3.8, 4) is 11.8 Å². The molecule has 0 radical (unpaired) electrons. The van der Waals surface area contributed by atoms with E-state index >= 15 is 0 Å². The minimum atomic E-state index is 0.191. The van der Waals surface area contributed by atoms with Gasteiger partial charge in [-0.3, -0.25) is 0 Å². The Balaban J connectivity index is 2.14. The van der Waals surface area contributed by atoms with E-state index in [9.17, 15) is 0 Å². The van der Waals surface area contributed by atoms with Gasteiger partial charge >= 0.3 is 0 Å². The summed E-state index contributed by atoms with van der Waals surface area (Å²) < 4.78 is 5.52. The van der Waals surface area contributed by atoms with Crippen LogP contribution in [0.3, 0.4) is 0 Å². The van der Waals surface area contributed by atoms with Crippen LogP contribution in [0.5, 0.6) is 5.75 Å². The number of ether oxygens (including phenoxy) is 1. The highest BCUT2D eigenvalue weighted by Crippen LogP contribution is 2.16. The summed E-state index contributed by atoms with van der Waals surface area (Å²) in [5, 5.41) is 11.8. The monoisotopic (exact) mass is 175 g/mol. The van der Waals surface area contributed by atoms with Gasteiger partial charge in [-0.25, -0.2) is 4.98 Å². The topological polar surface area (TPSA) is 57.9 Å². The summed E-state index contributed by atoms with van der Waals surface area (Å²) in [4.78, 5) is 3.90. The second-order valence-electron chi connectivity index (χ2n) is 2.86. The Labute approximate surface area is 76.2 Å². The van der Waals surface area contributed by atoms with E-state index in [0.717, 1.165) is 13.1 Å². The first-order valence-corrected chi connectivity index (χ1v) is 4.12. The van der Waals surface area contributed by atoms with Gasteiger partial charge in [-0.05, 0) is 12.1 Å². The molecule has 1 fully saturated rings. The zero-order chi connectivity index (χ0) is 9.10. The molecule has 4 heteroatoms. The summed E-state index contributed by atoms with van der Waals surface area (Å²) in [7, 11) is 0. The molecule has 66 valence electrons. The number of hydrogen-bond donors (Lipinski definition) is 1. The van der Waals surface area contributed by atoms with Gasteiger partial charge in [0.2, 0.25) is 0 Å². The molecule has 4 nitrogen and oxygen atoms in total. The SMILES string of the molecule is N#Cc1ncccc1OC1CNC1. The quantitative estimate of drug-likeness (QED) is 0.702. The second-order valence-corrected chi connectivity index (χ2v) is 2.86. The number of nitrogens with one attached hydrogen (secondary N) is 1. The highest BCUT2D eigenvalue weighted by molar-refractivity contribution is 5.36. The van der Waals surface area contributed by atoms with Gasteiger partial charge < -0.3 is 10.1 Å². The number of nitriles is 1. The molecule has 0 unspecified atom stereocenters. The average Bonchev–Trinajstić information content (AvgIpc) is 2.12. The Hall–Kier alpha value is -1.60. The molecule has 0 spiro atoms. The largest absolute Gasteiger partial charge is 0.485 e. The molecule has 0 amide bonds. The molecule has 1 aromatic heterocycles. The lowest BCUT2D eigenvalue weighted by Gasteiger charge is -2.27. The van der Waals surface area contributed by atoms with Crippen molar-refractivity contribution < 1.29 is 4.74 Å². The summed E-state index contributed by atoms with van der Waals surface area (Å²) in [6.07, 6.45) is 1.78. The van der Waals surface area contributed by atoms with Crippen molar-refractivity contribution in [2.24, 2.45) is 0 Å². The van der Waals surface area contributed by atoms with Gasteiger partial charge in [0, 0.05) is 19.3 Å². The van der Waals surface area contributed by atoms with Crippen LogP contribution >= 0.6 is 0 Å². The average molecular weight is 175 g/mol. The molecular formula is C9H9N3O. The van der Waals surface area contributed by atoms with Gasteiger partial charge in [0.05, 0.1) is 0 Å². The highest BCUT2D eigenvalue weighted by atomic mass is 16.5. The molecule has 1 aliphatic rings. The van der Waals surface area contributed by atoms with E-state index in [1.54, 1.807) is 18.3 Å². The van der Waals surface area contributed by atoms with Crippen molar-refractivity contribution in [3.63, 3.8) is 0 Å². The van der Waals surface area contributed by atoms with Gasteiger partial charge in [0.1, 0.15) is 12.2 Å². The molecule has 1 saturated heterocycles. The second kappa shape index (κ2) is 3.42. The third-order valence-electron chi connectivity index (χ3n) is 1.91. The van der Waals surface area contributed by atoms with Crippen LogP contribution in [0, 0.1) is 11.3 Å². The van der Waals surface area contributed by atoms with Gasteiger partial charge in [-0.15, -0.1) is 0 Å². The van der Waals surface area contributed by atoms with Crippen molar-refractivity contribution in [2.45, 2.75) is 6.10 Å². The van der Waals surface area contributed by atoms with Gasteiger partial charge in [-0.1, -0.05) is 0 Å². The van der Waals surface area contributed by atoms with Crippen LogP contribution in [0.15, 0.2) is 18.3 Å². The van der Waals surface area contributed by atoms with Gasteiger partial charge in [0.25, 0.3) is 0 Å². The van der Waals surface area contributed by atoms with Crippen LogP contribution in [0.1, 0.15) is 5.69 Å². The fourth-order valence-corrected chi connectivity index (χ4v) is 1.09. The number of pyridine rings is 1. The standard InChI is InChI=1S/C9H9N3O/c10-4-8-9(2-1-3-12-8)13-7-5-11-6-7/h1-3,7,11H,5-6H2. The Bertz CT molecular complexity index is 341. The molecule has 1 aliphatic heterocycles. The molecule has 2 rings (SSSR count). The Morgan fingerprint density at radius 3 is 3.08 bits per heavy atom. The summed E-state index contributed by atoms with van der Waals surface area (Å²) in [5.41, 5.74) is 0.356. The number of hydrogen-bond acceptors (Lipinski definition) is 4. The maximum atomic E-state index is 8.71. The lowest BCUT2D eigenvalue weighted by molar-refractivity contribution is 0.141. The van der Waals surface area contributed by atoms with E-state index in [1.165, 1.54) is 0 Å². The third kappa shape index (κ3) is 1.60. The first-order valence-electron chi connectivity index (χ1n) is 4.12. The van der Waals surface area contributed by atoms with Crippen molar-refractivity contribution in [1.29, 1.82) is 5.26 Å². The van der Waals surface area contributed by atoms with Crippen LogP contribution in [0.25, 0.3) is 0 Å². The molecule has 1 aromatic rings. The van der Waals surface area contributed by atoms with Crippen molar-refractivity contribution in [3.05, 3.63) is 24.0 Å². The van der Waals surface area contributed by atoms with E-state index in [0.29, 0.717) is 11.4 Å². The predicted molar refractivity (Wildman–Crippen MR) is 46.2 cm³/mol. The Morgan fingerprint density at radius 2 is 2.46 bits per heavy atom. The van der Waals surface area contributed by atoms with Gasteiger partial charge in [-0.2, -0.15) is 5.26 Å². The maximum Gasteiger partial charge on any atom is 0.182 e. The van der Waals surface area contributed by atoms with E-state index in [4.69, 9.17) is 10.00 Å². The summed E-state index contributed by atoms with van der Waals surface area (Å²) in [5.74, 6) is 0.580. The van der Waals surface area contributed by atoms with Gasteiger partial charge in [0.15, 0.2) is 11.4 Å². The fraction of sp³-hybridized carbons (Fsp3) is 0.333. The summed E-state index contributed by atoms with van der Waals surface area (Å²) >= 11 is 0. The van der Waals surface area contributed by atoms with Crippen molar-refractivity contribution in [1.82, 2.24) is 10.3 Å². The lowest BCUT2D eigenvalue weighted by Crippen LogP contribution is -2.50. The molecule has 0 saturated carbocycles. The molecule has 1 N–H and O–H groups in total. The summed E-state index contributed by atoms with van der Waals surface area (Å²) in [6.45, 7) is 1.69. The van der Waals surface area contributed by atoms with Crippen LogP contribution in [0.4, 0.5) is 0 Å². The molecular weight excluding hydrogens is 166 g/mol. The highest BCUT2D eigenvalue weighted by Gasteiger charge is 2.19. The number of aromatic nitrogens is 1. The molecule has 13 heavy (non-hydrogen) atoms. The Morgan fingerprint density at radius 1 is 1.62 bits per heavy atom. The first kappa shape index (κ1) is 8.02. The number of nitrogens with zero attached hydrogens (tertiary/aromatic N) is 2. The first-order chi connectivity index (χ1) is 6.40. The molecule has 0 atom stereocenters. The van der Waals surface area contributed by atoms with E-state index in [1.807, 2.05) is 6.07 Å². The van der Waals surface area contributed by atoms with E-state index in [-0.39, 0.29) is 6.10 Å². The van der Waals surface area contributed by atoms with Crippen molar-refractivity contribution >= 4 is 0 Å². The van der Waals surface area contributed by atoms with Crippen LogP contribution < -0.4 is 10.1 Å². The molecule has 2 heterocycles. The molecule has 0 bridgehead atoms. The predicted octanol–water partition coefficient (Wildman–Crippen LogP) is 0.304. The summed E-state index contributed by atoms with van der Waals surface area (Å²) in [6, 6.07) is 5.53. The van der Waals surface area contributed by atoms with Crippen LogP contribution in [0.2, 0.25) is 0 Å². The zero-order valence-electron chi connectivity index (χ0n) is 7.03. The smallest absolute Gasteiger partial charge is 0.182 e. The maximum absolute atomic E-state index is 8.71. The number of rotatable bonds is 2. The van der Waals surface area contributed by atoms with Crippen molar-refractivity contribution in [2.75, 3.05) is 13.1 Å². The molecule has 0 aliphatic carbocycles. The zero-order valence-corrected chi connectivity index (χ0v) is 7.03. The fourth-order valence-electron chi connectivity index (χ4n) is 1.09. The minimum Gasteiger partial charge on any atom is -0.485 e. The normalized spacial score (nSPS) is 15.9. The minimum absolute atomic E-state index is 0.191. The van der Waals surface area contributed by atoms with E-state index in [2.05, 4.69) is 10.3 Å². The lowest BCUT2D eigenvalue weighted by atomic mass is 10.2. The third-order valence-corrected chi connectivity index (χ3v) is 1.91.